The van der Waals surface area contributed by atoms with E-state index in [-0.39, 0.29) is 11.5 Å². The lowest BCUT2D eigenvalue weighted by Crippen LogP contribution is -2.35. The zero-order valence-corrected chi connectivity index (χ0v) is 11.7. The summed E-state index contributed by atoms with van der Waals surface area (Å²) in [5, 5.41) is 8.54. The minimum Gasteiger partial charge on any atom is -0.381 e. The Labute approximate surface area is 121 Å². The van der Waals surface area contributed by atoms with E-state index in [4.69, 9.17) is 14.3 Å². The summed E-state index contributed by atoms with van der Waals surface area (Å²) < 4.78 is 27.7. The standard InChI is InChI=1S/C15H18BrNO/c1-18-12-4-6-15(7-5-12)9-10-2-3-11(16)8-13(10)14(15)17/h2-3,8,12,17H,4-7,9H2,1H3/i1D3. The lowest BCUT2D eigenvalue weighted by Gasteiger charge is -2.36. The van der Waals surface area contributed by atoms with Crippen LogP contribution in [0.5, 0.6) is 0 Å². The van der Waals surface area contributed by atoms with Gasteiger partial charge in [0.15, 0.2) is 0 Å². The summed E-state index contributed by atoms with van der Waals surface area (Å²) in [7, 11) is -2.31. The number of benzene rings is 1. The van der Waals surface area contributed by atoms with Crippen LogP contribution in [0, 0.1) is 10.8 Å². The molecule has 0 heterocycles. The molecule has 2 nitrogen and oxygen atoms in total. The number of fused-ring (bicyclic) bond motifs is 1. The van der Waals surface area contributed by atoms with E-state index in [0.29, 0.717) is 5.71 Å². The van der Waals surface area contributed by atoms with Gasteiger partial charge in [0.25, 0.3) is 0 Å². The maximum atomic E-state index is 8.54. The van der Waals surface area contributed by atoms with Crippen molar-refractivity contribution in [3.8, 4) is 0 Å². The van der Waals surface area contributed by atoms with Gasteiger partial charge in [-0.25, -0.2) is 0 Å². The van der Waals surface area contributed by atoms with Crippen LogP contribution >= 0.6 is 15.9 Å². The van der Waals surface area contributed by atoms with Gasteiger partial charge < -0.3 is 10.1 Å². The first-order valence-corrected chi connectivity index (χ1v) is 7.14. The second kappa shape index (κ2) is 4.46. The van der Waals surface area contributed by atoms with E-state index in [2.05, 4.69) is 22.0 Å². The van der Waals surface area contributed by atoms with Gasteiger partial charge in [-0.3, -0.25) is 0 Å². The van der Waals surface area contributed by atoms with Crippen LogP contribution < -0.4 is 0 Å². The average Bonchev–Trinajstić information content (AvgIpc) is 2.65. The topological polar surface area (TPSA) is 33.1 Å². The van der Waals surface area contributed by atoms with Crippen LogP contribution in [-0.4, -0.2) is 18.9 Å². The molecule has 1 fully saturated rings. The zero-order valence-electron chi connectivity index (χ0n) is 13.1. The first-order valence-electron chi connectivity index (χ1n) is 7.85. The minimum absolute atomic E-state index is 0.113. The highest BCUT2D eigenvalue weighted by Crippen LogP contribution is 2.47. The molecule has 0 amide bonds. The van der Waals surface area contributed by atoms with Crippen LogP contribution in [0.25, 0.3) is 0 Å². The predicted octanol–water partition coefficient (Wildman–Crippen LogP) is 3.95. The molecule has 2 aliphatic rings. The highest BCUT2D eigenvalue weighted by Gasteiger charge is 2.44. The van der Waals surface area contributed by atoms with Crippen molar-refractivity contribution in [2.75, 3.05) is 7.04 Å². The van der Waals surface area contributed by atoms with E-state index in [0.717, 1.165) is 42.1 Å². The molecule has 2 aliphatic carbocycles. The fraction of sp³-hybridized carbons (Fsp3) is 0.533. The smallest absolute Gasteiger partial charge is 0.0572 e. The molecule has 0 saturated heterocycles. The van der Waals surface area contributed by atoms with Gasteiger partial charge in [-0.15, -0.1) is 0 Å². The second-order valence-corrected chi connectivity index (χ2v) is 6.37. The SMILES string of the molecule is [2H]C([2H])([2H])OC1CCC2(CC1)Cc1ccc(Br)cc1C2=N. The lowest BCUT2D eigenvalue weighted by atomic mass is 9.70. The van der Waals surface area contributed by atoms with Crippen molar-refractivity contribution in [1.29, 1.82) is 5.41 Å². The third-order valence-corrected chi connectivity index (χ3v) is 4.95. The quantitative estimate of drug-likeness (QED) is 0.837. The maximum absolute atomic E-state index is 8.54. The van der Waals surface area contributed by atoms with Gasteiger partial charge in [-0.2, -0.15) is 0 Å². The molecule has 1 aromatic carbocycles. The Morgan fingerprint density at radius 3 is 2.94 bits per heavy atom. The fourth-order valence-electron chi connectivity index (χ4n) is 3.36. The highest BCUT2D eigenvalue weighted by atomic mass is 79.9. The van der Waals surface area contributed by atoms with Gasteiger partial charge >= 0.3 is 0 Å². The molecule has 18 heavy (non-hydrogen) atoms. The third-order valence-electron chi connectivity index (χ3n) is 4.46. The van der Waals surface area contributed by atoms with E-state index in [1.165, 1.54) is 5.56 Å². The second-order valence-electron chi connectivity index (χ2n) is 5.45. The van der Waals surface area contributed by atoms with Crippen LogP contribution in [0.3, 0.4) is 0 Å². The van der Waals surface area contributed by atoms with Crippen molar-refractivity contribution >= 4 is 21.6 Å². The zero-order chi connectivity index (χ0) is 15.3. The van der Waals surface area contributed by atoms with Gasteiger partial charge in [0.2, 0.25) is 0 Å². The van der Waals surface area contributed by atoms with Crippen molar-refractivity contribution in [3.63, 3.8) is 0 Å². The largest absolute Gasteiger partial charge is 0.381 e. The summed E-state index contributed by atoms with van der Waals surface area (Å²) in [5.74, 6) is 0. The van der Waals surface area contributed by atoms with Gasteiger partial charge in [-0.05, 0) is 49.8 Å². The number of nitrogens with one attached hydrogen (secondary N) is 1. The van der Waals surface area contributed by atoms with Crippen molar-refractivity contribution in [1.82, 2.24) is 0 Å². The third kappa shape index (κ3) is 1.84. The number of ether oxygens (including phenoxy) is 1. The summed E-state index contributed by atoms with van der Waals surface area (Å²) in [6.45, 7) is 0. The molecule has 1 spiro atoms. The Morgan fingerprint density at radius 2 is 2.22 bits per heavy atom. The van der Waals surface area contributed by atoms with E-state index in [1.807, 2.05) is 12.1 Å². The van der Waals surface area contributed by atoms with Crippen LogP contribution in [-0.2, 0) is 11.2 Å². The summed E-state index contributed by atoms with van der Waals surface area (Å²) >= 11 is 3.47. The molecular formula is C15H18BrNO. The van der Waals surface area contributed by atoms with Crippen LogP contribution in [0.1, 0.15) is 40.9 Å². The van der Waals surface area contributed by atoms with Crippen molar-refractivity contribution in [3.05, 3.63) is 33.8 Å². The predicted molar refractivity (Wildman–Crippen MR) is 76.4 cm³/mol. The van der Waals surface area contributed by atoms with Crippen LogP contribution in [0.15, 0.2) is 22.7 Å². The minimum atomic E-state index is -2.31. The normalized spacial score (nSPS) is 33.9. The monoisotopic (exact) mass is 310 g/mol. The van der Waals surface area contributed by atoms with Gasteiger partial charge in [-0.1, -0.05) is 22.0 Å². The maximum Gasteiger partial charge on any atom is 0.0572 e. The number of halogens is 1. The Bertz CT molecular complexity index is 577. The van der Waals surface area contributed by atoms with E-state index in [1.54, 1.807) is 0 Å². The molecule has 1 aromatic rings. The Morgan fingerprint density at radius 1 is 1.44 bits per heavy atom. The van der Waals surface area contributed by atoms with E-state index < -0.39 is 7.04 Å². The van der Waals surface area contributed by atoms with E-state index >= 15 is 0 Å². The highest BCUT2D eigenvalue weighted by molar-refractivity contribution is 9.10. The number of methoxy groups -OCH3 is 1. The molecule has 0 aliphatic heterocycles. The molecule has 0 atom stereocenters. The molecule has 96 valence electrons. The number of hydrogen-bond acceptors (Lipinski definition) is 2. The molecule has 1 saturated carbocycles. The Kier molecular flexibility index (Phi) is 2.30. The van der Waals surface area contributed by atoms with Gasteiger partial charge in [0.1, 0.15) is 0 Å². The van der Waals surface area contributed by atoms with Crippen molar-refractivity contribution in [2.45, 2.75) is 38.2 Å². The Hall–Kier alpha value is -0.670. The first kappa shape index (κ1) is 9.27. The van der Waals surface area contributed by atoms with Crippen LogP contribution in [0.2, 0.25) is 0 Å². The number of rotatable bonds is 1. The number of hydrogen-bond donors (Lipinski definition) is 1. The van der Waals surface area contributed by atoms with Gasteiger partial charge in [0.05, 0.1) is 10.2 Å². The molecule has 0 radical (unpaired) electrons. The fourth-order valence-corrected chi connectivity index (χ4v) is 3.72. The average molecular weight is 311 g/mol. The van der Waals surface area contributed by atoms with Crippen LogP contribution in [0.4, 0.5) is 0 Å². The van der Waals surface area contributed by atoms with Crippen molar-refractivity contribution in [2.24, 2.45) is 5.41 Å². The lowest BCUT2D eigenvalue weighted by molar-refractivity contribution is 0.0467. The molecule has 0 unspecified atom stereocenters. The van der Waals surface area contributed by atoms with Gasteiger partial charge in [0, 0.05) is 28.2 Å². The molecule has 3 heteroatoms. The molecule has 0 aromatic heterocycles. The summed E-state index contributed by atoms with van der Waals surface area (Å²) in [5.41, 5.74) is 2.88. The van der Waals surface area contributed by atoms with E-state index in [9.17, 15) is 0 Å². The first-order chi connectivity index (χ1) is 9.79. The summed E-state index contributed by atoms with van der Waals surface area (Å²) in [6, 6.07) is 6.14. The van der Waals surface area contributed by atoms with Crippen molar-refractivity contribution < 1.29 is 8.85 Å². The summed E-state index contributed by atoms with van der Waals surface area (Å²) in [6.07, 6.45) is 3.80. The molecule has 3 rings (SSSR count). The summed E-state index contributed by atoms with van der Waals surface area (Å²) in [4.78, 5) is 0. The molecule has 1 N–H and O–H groups in total. The molecule has 0 bridgehead atoms. The molecular weight excluding hydrogens is 290 g/mol. The Balaban J connectivity index is 1.74.